The van der Waals surface area contributed by atoms with E-state index in [1.54, 1.807) is 0 Å². The average molecular weight is 683 g/mol. The van der Waals surface area contributed by atoms with Crippen molar-refractivity contribution in [1.29, 1.82) is 0 Å². The number of benzene rings is 7. The van der Waals surface area contributed by atoms with Crippen LogP contribution in [0.5, 0.6) is 0 Å². The topological polar surface area (TPSA) is 43.6 Å². The minimum absolute atomic E-state index is 0.641. The van der Waals surface area contributed by atoms with Gasteiger partial charge in [0.1, 0.15) is 0 Å². The fourth-order valence-corrected chi connectivity index (χ4v) is 8.26. The second-order valence-electron chi connectivity index (χ2n) is 12.9. The molecule has 0 saturated heterocycles. The van der Waals surface area contributed by atoms with E-state index in [0.717, 1.165) is 33.5 Å². The standard InChI is InChI=1S/C47H30N4S/c1-3-14-32(15-4-1)45-48-46(33-16-5-2-6-17-33)50-47(49-45)36-20-11-18-34(29-36)35-19-12-21-37(30-35)51-40-23-9-8-22-38(40)44-39-26-25-31-13-7-10-24-42(31)52-43(39)28-27-41(44)51/h1-30H. The van der Waals surface area contributed by atoms with Crippen LogP contribution in [0.1, 0.15) is 11.1 Å². The van der Waals surface area contributed by atoms with Gasteiger partial charge in [0.2, 0.25) is 0 Å². The normalized spacial score (nSPS) is 12.1. The first kappa shape index (κ1) is 30.3. The zero-order valence-electron chi connectivity index (χ0n) is 28.0. The van der Waals surface area contributed by atoms with Gasteiger partial charge in [-0.15, -0.1) is 0 Å². The zero-order valence-corrected chi connectivity index (χ0v) is 28.8. The van der Waals surface area contributed by atoms with E-state index in [-0.39, 0.29) is 0 Å². The fraction of sp³-hybridized carbons (Fsp3) is 0. The summed E-state index contributed by atoms with van der Waals surface area (Å²) in [5.41, 5.74) is 11.0. The maximum atomic E-state index is 4.98. The first-order chi connectivity index (χ1) is 25.8. The number of hydrogen-bond acceptors (Lipinski definition) is 4. The molecule has 0 radical (unpaired) electrons. The van der Waals surface area contributed by atoms with E-state index in [0.29, 0.717) is 17.5 Å². The van der Waals surface area contributed by atoms with E-state index in [1.807, 2.05) is 72.4 Å². The van der Waals surface area contributed by atoms with Gasteiger partial charge in [-0.1, -0.05) is 151 Å². The largest absolute Gasteiger partial charge is 0.309 e. The Morgan fingerprint density at radius 3 is 1.77 bits per heavy atom. The van der Waals surface area contributed by atoms with Gasteiger partial charge < -0.3 is 4.57 Å². The predicted octanol–water partition coefficient (Wildman–Crippen LogP) is 12.3. The summed E-state index contributed by atoms with van der Waals surface area (Å²) in [6.45, 7) is 0. The average Bonchev–Trinajstić information content (AvgIpc) is 3.43. The molecule has 0 saturated carbocycles. The Labute approximate surface area is 305 Å². The first-order valence-corrected chi connectivity index (χ1v) is 18.2. The summed E-state index contributed by atoms with van der Waals surface area (Å²) in [4.78, 5) is 17.4. The molecule has 52 heavy (non-hydrogen) atoms. The second-order valence-corrected chi connectivity index (χ2v) is 14.0. The van der Waals surface area contributed by atoms with Crippen LogP contribution in [-0.4, -0.2) is 19.5 Å². The van der Waals surface area contributed by atoms with Gasteiger partial charge in [-0.25, -0.2) is 15.0 Å². The summed E-state index contributed by atoms with van der Waals surface area (Å²) in [5, 5.41) is 2.52. The van der Waals surface area contributed by atoms with Gasteiger partial charge >= 0.3 is 0 Å². The maximum Gasteiger partial charge on any atom is 0.164 e. The molecule has 10 rings (SSSR count). The van der Waals surface area contributed by atoms with Crippen LogP contribution in [-0.2, 0) is 0 Å². The van der Waals surface area contributed by atoms with Crippen molar-refractivity contribution < 1.29 is 0 Å². The van der Waals surface area contributed by atoms with E-state index in [9.17, 15) is 0 Å². The zero-order chi connectivity index (χ0) is 34.4. The SMILES string of the molecule is C1=Cc2c(ccc3c2c2ccccc2n3-c2cccc(-c3cccc(-c4nc(-c5ccccc5)nc(-c5ccccc5)n4)c3)c2)Sc2ccccc21. The van der Waals surface area contributed by atoms with Crippen molar-refractivity contribution in [2.24, 2.45) is 0 Å². The van der Waals surface area contributed by atoms with Crippen molar-refractivity contribution in [2.45, 2.75) is 9.79 Å². The Bertz CT molecular complexity index is 2760. The number of rotatable bonds is 5. The lowest BCUT2D eigenvalue weighted by atomic mass is 10.0. The molecule has 7 aromatic carbocycles. The van der Waals surface area contributed by atoms with Gasteiger partial charge in [-0.3, -0.25) is 0 Å². The molecule has 2 aromatic heterocycles. The smallest absolute Gasteiger partial charge is 0.164 e. The maximum absolute atomic E-state index is 4.98. The Balaban J connectivity index is 1.09. The van der Waals surface area contributed by atoms with Crippen LogP contribution < -0.4 is 0 Å². The summed E-state index contributed by atoms with van der Waals surface area (Å²) in [5.74, 6) is 1.94. The molecule has 9 aromatic rings. The molecular formula is C47H30N4S. The highest BCUT2D eigenvalue weighted by Gasteiger charge is 2.20. The molecule has 0 spiro atoms. The third-order valence-electron chi connectivity index (χ3n) is 9.67. The molecule has 5 heteroatoms. The van der Waals surface area contributed by atoms with E-state index < -0.39 is 0 Å². The van der Waals surface area contributed by atoms with Crippen molar-refractivity contribution >= 4 is 45.7 Å². The van der Waals surface area contributed by atoms with E-state index in [1.165, 1.54) is 42.7 Å². The molecule has 4 nitrogen and oxygen atoms in total. The van der Waals surface area contributed by atoms with Crippen LogP contribution in [0, 0.1) is 0 Å². The van der Waals surface area contributed by atoms with Gasteiger partial charge in [0.05, 0.1) is 11.0 Å². The lowest BCUT2D eigenvalue weighted by molar-refractivity contribution is 1.07. The van der Waals surface area contributed by atoms with Gasteiger partial charge in [0.25, 0.3) is 0 Å². The number of aromatic nitrogens is 4. The van der Waals surface area contributed by atoms with Crippen molar-refractivity contribution in [3.05, 3.63) is 181 Å². The van der Waals surface area contributed by atoms with Gasteiger partial charge in [0, 0.05) is 42.9 Å². The minimum Gasteiger partial charge on any atom is -0.309 e. The summed E-state index contributed by atoms with van der Waals surface area (Å²) >= 11 is 1.84. The van der Waals surface area contributed by atoms with Gasteiger partial charge in [-0.2, -0.15) is 0 Å². The van der Waals surface area contributed by atoms with Crippen LogP contribution in [0.4, 0.5) is 0 Å². The Morgan fingerprint density at radius 2 is 1.00 bits per heavy atom. The van der Waals surface area contributed by atoms with Crippen molar-refractivity contribution in [1.82, 2.24) is 19.5 Å². The van der Waals surface area contributed by atoms with E-state index in [2.05, 4.69) is 126 Å². The molecule has 0 unspecified atom stereocenters. The lowest BCUT2D eigenvalue weighted by Crippen LogP contribution is -2.00. The third kappa shape index (κ3) is 5.31. The molecule has 0 atom stereocenters. The predicted molar refractivity (Wildman–Crippen MR) is 215 cm³/mol. The fourth-order valence-electron chi connectivity index (χ4n) is 7.20. The van der Waals surface area contributed by atoms with Crippen LogP contribution in [0.25, 0.3) is 84.9 Å². The highest BCUT2D eigenvalue weighted by atomic mass is 32.2. The van der Waals surface area contributed by atoms with E-state index in [4.69, 9.17) is 15.0 Å². The van der Waals surface area contributed by atoms with Gasteiger partial charge in [-0.05, 0) is 64.7 Å². The van der Waals surface area contributed by atoms with Gasteiger partial charge in [0.15, 0.2) is 17.5 Å². The molecule has 3 heterocycles. The molecular weight excluding hydrogens is 653 g/mol. The Kier molecular flexibility index (Phi) is 7.36. The third-order valence-corrected chi connectivity index (χ3v) is 10.8. The highest BCUT2D eigenvalue weighted by Crippen LogP contribution is 2.44. The molecule has 0 amide bonds. The number of hydrogen-bond donors (Lipinski definition) is 0. The monoisotopic (exact) mass is 682 g/mol. The summed E-state index contributed by atoms with van der Waals surface area (Å²) in [7, 11) is 0. The molecule has 0 fully saturated rings. The highest BCUT2D eigenvalue weighted by molar-refractivity contribution is 7.99. The molecule has 0 N–H and O–H groups in total. The van der Waals surface area contributed by atoms with Crippen molar-refractivity contribution in [3.8, 4) is 51.0 Å². The molecule has 0 aliphatic carbocycles. The van der Waals surface area contributed by atoms with Crippen molar-refractivity contribution in [3.63, 3.8) is 0 Å². The quantitative estimate of drug-likeness (QED) is 0.181. The second kappa shape index (κ2) is 12.6. The summed E-state index contributed by atoms with van der Waals surface area (Å²) in [6, 6.07) is 59.5. The van der Waals surface area contributed by atoms with E-state index >= 15 is 0 Å². The Morgan fingerprint density at radius 1 is 0.404 bits per heavy atom. The lowest BCUT2D eigenvalue weighted by Gasteiger charge is -2.12. The van der Waals surface area contributed by atoms with Crippen LogP contribution in [0.15, 0.2) is 180 Å². The summed E-state index contributed by atoms with van der Waals surface area (Å²) in [6.07, 6.45) is 4.55. The van der Waals surface area contributed by atoms with Crippen LogP contribution in [0.2, 0.25) is 0 Å². The molecule has 0 bridgehead atoms. The number of nitrogens with zero attached hydrogens (tertiary/aromatic N) is 4. The van der Waals surface area contributed by atoms with Crippen LogP contribution in [0.3, 0.4) is 0 Å². The summed E-state index contributed by atoms with van der Waals surface area (Å²) < 4.78 is 2.40. The Hall–Kier alpha value is -6.56. The van der Waals surface area contributed by atoms with Crippen LogP contribution >= 0.6 is 11.8 Å². The molecule has 244 valence electrons. The molecule has 1 aliphatic rings. The van der Waals surface area contributed by atoms with Crippen molar-refractivity contribution in [2.75, 3.05) is 0 Å². The first-order valence-electron chi connectivity index (χ1n) is 17.4. The number of fused-ring (bicyclic) bond motifs is 6. The number of para-hydroxylation sites is 1. The minimum atomic E-state index is 0.641. The molecule has 1 aliphatic heterocycles.